The fourth-order valence-corrected chi connectivity index (χ4v) is 5.22. The number of sulfonamides is 1. The number of hydrogen-bond donors (Lipinski definition) is 1. The second-order valence-electron chi connectivity index (χ2n) is 7.12. The number of halogens is 3. The molecule has 1 aliphatic rings. The summed E-state index contributed by atoms with van der Waals surface area (Å²) in [4.78, 5) is 28.5. The summed E-state index contributed by atoms with van der Waals surface area (Å²) in [5.41, 5.74) is 0.380. The zero-order valence-electron chi connectivity index (χ0n) is 17.0. The average Bonchev–Trinajstić information content (AvgIpc) is 2.78. The summed E-state index contributed by atoms with van der Waals surface area (Å²) < 4.78 is 32.1. The predicted molar refractivity (Wildman–Crippen MR) is 122 cm³/mol. The molecule has 8 nitrogen and oxygen atoms in total. The summed E-state index contributed by atoms with van der Waals surface area (Å²) in [6.07, 6.45) is 3.87. The van der Waals surface area contributed by atoms with Crippen LogP contribution in [0.5, 0.6) is 0 Å². The Morgan fingerprint density at radius 2 is 1.81 bits per heavy atom. The van der Waals surface area contributed by atoms with E-state index in [1.54, 1.807) is 6.92 Å². The van der Waals surface area contributed by atoms with Crippen molar-refractivity contribution in [2.45, 2.75) is 31.1 Å². The van der Waals surface area contributed by atoms with Gasteiger partial charge < -0.3 is 10.1 Å². The number of hydrogen-bond acceptors (Lipinski definition) is 6. The molecule has 1 aromatic heterocycles. The number of carbonyl (C=O) groups is 2. The largest absolute Gasteiger partial charge is 0.452 e. The van der Waals surface area contributed by atoms with E-state index in [1.165, 1.54) is 22.6 Å². The minimum Gasteiger partial charge on any atom is -0.452 e. The van der Waals surface area contributed by atoms with E-state index < -0.39 is 28.5 Å². The highest BCUT2D eigenvalue weighted by Crippen LogP contribution is 2.29. The van der Waals surface area contributed by atoms with Crippen LogP contribution in [0.4, 0.5) is 5.82 Å². The molecule has 2 heterocycles. The Hall–Kier alpha value is -1.91. The standard InChI is InChI=1S/C20H20Cl3N3O5S/c1-12-16(22)10-24-19(18(12)23)25-17(27)11-31-20(28)14-9-13(5-6-15(14)21)32(29,30)26-7-3-2-4-8-26/h5-6,9-10H,2-4,7-8,11H2,1H3,(H,24,25,27). The number of amides is 1. The highest BCUT2D eigenvalue weighted by Gasteiger charge is 2.27. The number of ether oxygens (including phenoxy) is 1. The molecule has 0 atom stereocenters. The van der Waals surface area contributed by atoms with Gasteiger partial charge in [-0.2, -0.15) is 4.31 Å². The van der Waals surface area contributed by atoms with Crippen LogP contribution in [-0.2, 0) is 19.6 Å². The molecule has 32 heavy (non-hydrogen) atoms. The molecular weight excluding hydrogens is 501 g/mol. The molecule has 0 radical (unpaired) electrons. The number of rotatable bonds is 6. The minimum atomic E-state index is -3.77. The third kappa shape index (κ3) is 5.52. The first-order chi connectivity index (χ1) is 15.1. The van der Waals surface area contributed by atoms with Crippen LogP contribution in [0.25, 0.3) is 0 Å². The Morgan fingerprint density at radius 1 is 1.12 bits per heavy atom. The lowest BCUT2D eigenvalue weighted by Crippen LogP contribution is -2.35. The zero-order chi connectivity index (χ0) is 23.5. The molecule has 0 aliphatic carbocycles. The monoisotopic (exact) mass is 519 g/mol. The number of carbonyl (C=O) groups excluding carboxylic acids is 2. The molecule has 1 aromatic carbocycles. The maximum Gasteiger partial charge on any atom is 0.340 e. The van der Waals surface area contributed by atoms with Crippen molar-refractivity contribution in [3.8, 4) is 0 Å². The number of aromatic nitrogens is 1. The maximum absolute atomic E-state index is 12.9. The molecule has 1 fully saturated rings. The van der Waals surface area contributed by atoms with Gasteiger partial charge in [-0.1, -0.05) is 41.2 Å². The summed E-state index contributed by atoms with van der Waals surface area (Å²) in [6, 6.07) is 3.81. The van der Waals surface area contributed by atoms with E-state index in [0.29, 0.717) is 23.7 Å². The molecule has 3 rings (SSSR count). The van der Waals surface area contributed by atoms with Crippen molar-refractivity contribution < 1.29 is 22.7 Å². The molecule has 172 valence electrons. The highest BCUT2D eigenvalue weighted by molar-refractivity contribution is 7.89. The first-order valence-corrected chi connectivity index (χ1v) is 12.3. The van der Waals surface area contributed by atoms with Gasteiger partial charge in [0.2, 0.25) is 10.0 Å². The predicted octanol–water partition coefficient (Wildman–Crippen LogP) is 4.32. The quantitative estimate of drug-likeness (QED) is 0.569. The zero-order valence-corrected chi connectivity index (χ0v) is 20.1. The van der Waals surface area contributed by atoms with Gasteiger partial charge in [-0.25, -0.2) is 18.2 Å². The first kappa shape index (κ1) is 24.7. The Bertz CT molecular complexity index is 1150. The van der Waals surface area contributed by atoms with Crippen LogP contribution in [0.2, 0.25) is 15.1 Å². The third-order valence-corrected chi connectivity index (χ3v) is 7.97. The van der Waals surface area contributed by atoms with Crippen LogP contribution >= 0.6 is 34.8 Å². The lowest BCUT2D eigenvalue weighted by molar-refractivity contribution is -0.119. The number of nitrogens with zero attached hydrogens (tertiary/aromatic N) is 2. The van der Waals surface area contributed by atoms with E-state index >= 15 is 0 Å². The number of nitrogens with one attached hydrogen (secondary N) is 1. The van der Waals surface area contributed by atoms with Crippen LogP contribution in [0.1, 0.15) is 35.2 Å². The molecule has 0 spiro atoms. The normalized spacial score (nSPS) is 14.8. The maximum atomic E-state index is 12.9. The molecule has 1 aliphatic heterocycles. The lowest BCUT2D eigenvalue weighted by Gasteiger charge is -2.26. The Kier molecular flexibility index (Phi) is 8.00. The van der Waals surface area contributed by atoms with E-state index in [0.717, 1.165) is 25.3 Å². The number of anilines is 1. The van der Waals surface area contributed by atoms with Crippen molar-refractivity contribution in [3.63, 3.8) is 0 Å². The number of benzene rings is 1. The van der Waals surface area contributed by atoms with Crippen molar-refractivity contribution >= 4 is 62.5 Å². The van der Waals surface area contributed by atoms with Gasteiger partial charge in [0, 0.05) is 19.3 Å². The van der Waals surface area contributed by atoms with Gasteiger partial charge in [-0.3, -0.25) is 4.79 Å². The molecule has 0 unspecified atom stereocenters. The van der Waals surface area contributed by atoms with E-state index in [-0.39, 0.29) is 26.3 Å². The van der Waals surface area contributed by atoms with Gasteiger partial charge in [0.05, 0.1) is 25.5 Å². The van der Waals surface area contributed by atoms with Crippen molar-refractivity contribution in [1.29, 1.82) is 0 Å². The molecule has 1 amide bonds. The van der Waals surface area contributed by atoms with Crippen LogP contribution < -0.4 is 5.32 Å². The van der Waals surface area contributed by atoms with E-state index in [4.69, 9.17) is 39.5 Å². The fraction of sp³-hybridized carbons (Fsp3) is 0.350. The summed E-state index contributed by atoms with van der Waals surface area (Å²) >= 11 is 18.1. The first-order valence-electron chi connectivity index (χ1n) is 9.68. The van der Waals surface area contributed by atoms with Crippen LogP contribution in [-0.4, -0.2) is 49.3 Å². The molecule has 0 bridgehead atoms. The molecule has 12 heteroatoms. The summed E-state index contributed by atoms with van der Waals surface area (Å²) in [6.45, 7) is 1.85. The van der Waals surface area contributed by atoms with E-state index in [1.807, 2.05) is 0 Å². The van der Waals surface area contributed by atoms with E-state index in [2.05, 4.69) is 10.3 Å². The Balaban J connectivity index is 1.69. The van der Waals surface area contributed by atoms with Gasteiger partial charge in [0.1, 0.15) is 0 Å². The van der Waals surface area contributed by atoms with Crippen LogP contribution in [0.3, 0.4) is 0 Å². The summed E-state index contributed by atoms with van der Waals surface area (Å²) in [7, 11) is -3.77. The van der Waals surface area contributed by atoms with Crippen molar-refractivity contribution in [3.05, 3.63) is 50.6 Å². The second-order valence-corrected chi connectivity index (χ2v) is 10.3. The van der Waals surface area contributed by atoms with Gasteiger partial charge in [0.25, 0.3) is 5.91 Å². The number of piperidine rings is 1. The van der Waals surface area contributed by atoms with Gasteiger partial charge >= 0.3 is 5.97 Å². The number of pyridine rings is 1. The van der Waals surface area contributed by atoms with Gasteiger partial charge in [-0.15, -0.1) is 0 Å². The second kappa shape index (κ2) is 10.4. The summed E-state index contributed by atoms with van der Waals surface area (Å²) in [5.74, 6) is -1.56. The SMILES string of the molecule is Cc1c(Cl)cnc(NC(=O)COC(=O)c2cc(S(=O)(=O)N3CCCCC3)ccc2Cl)c1Cl. The molecule has 1 N–H and O–H groups in total. The Morgan fingerprint density at radius 3 is 2.50 bits per heavy atom. The smallest absolute Gasteiger partial charge is 0.340 e. The molecular formula is C20H20Cl3N3O5S. The van der Waals surface area contributed by atoms with Gasteiger partial charge in [-0.05, 0) is 43.5 Å². The Labute approximate surface area is 200 Å². The highest BCUT2D eigenvalue weighted by atomic mass is 35.5. The van der Waals surface area contributed by atoms with Gasteiger partial charge in [0.15, 0.2) is 12.4 Å². The number of esters is 1. The van der Waals surface area contributed by atoms with E-state index in [9.17, 15) is 18.0 Å². The molecule has 2 aromatic rings. The fourth-order valence-electron chi connectivity index (χ4n) is 3.10. The van der Waals surface area contributed by atoms with Crippen LogP contribution in [0.15, 0.2) is 29.3 Å². The van der Waals surface area contributed by atoms with Crippen molar-refractivity contribution in [2.24, 2.45) is 0 Å². The van der Waals surface area contributed by atoms with Crippen molar-refractivity contribution in [2.75, 3.05) is 25.0 Å². The molecule has 1 saturated heterocycles. The lowest BCUT2D eigenvalue weighted by atomic mass is 10.2. The minimum absolute atomic E-state index is 0.00559. The summed E-state index contributed by atoms with van der Waals surface area (Å²) in [5, 5.41) is 2.93. The third-order valence-electron chi connectivity index (χ3n) is 4.91. The van der Waals surface area contributed by atoms with Crippen LogP contribution in [0, 0.1) is 6.92 Å². The molecule has 0 saturated carbocycles. The topological polar surface area (TPSA) is 106 Å². The van der Waals surface area contributed by atoms with Crippen molar-refractivity contribution in [1.82, 2.24) is 9.29 Å². The average molecular weight is 521 g/mol.